The van der Waals surface area contributed by atoms with Crippen LogP contribution in [0, 0.1) is 5.92 Å². The number of halogens is 1. The first-order valence-corrected chi connectivity index (χ1v) is 9.74. The number of carbonyl (C=O) groups excluding carboxylic acids is 1. The van der Waals surface area contributed by atoms with Crippen LogP contribution in [0.4, 0.5) is 5.69 Å². The molecule has 0 spiro atoms. The third-order valence-corrected chi connectivity index (χ3v) is 5.70. The number of piperidine rings is 1. The summed E-state index contributed by atoms with van der Waals surface area (Å²) in [6.07, 6.45) is 2.53. The molecular weight excluding hydrogens is 376 g/mol. The molecule has 0 aliphatic carbocycles. The van der Waals surface area contributed by atoms with E-state index in [9.17, 15) is 4.79 Å². The zero-order valence-corrected chi connectivity index (χ0v) is 16.4. The van der Waals surface area contributed by atoms with Gasteiger partial charge in [0.05, 0.1) is 11.6 Å². The minimum atomic E-state index is -0.0610. The number of nitrogens with zero attached hydrogens (tertiary/aromatic N) is 1. The number of benzene rings is 2. The average molecular weight is 401 g/mol. The highest BCUT2D eigenvalue weighted by Crippen LogP contribution is 2.25. The predicted molar refractivity (Wildman–Crippen MR) is 107 cm³/mol. The Morgan fingerprint density at radius 3 is 2.40 bits per heavy atom. The van der Waals surface area contributed by atoms with Gasteiger partial charge in [-0.25, -0.2) is 0 Å². The second kappa shape index (κ2) is 8.05. The summed E-state index contributed by atoms with van der Waals surface area (Å²) in [5.41, 5.74) is 3.06. The molecule has 1 aliphatic rings. The number of carbonyl (C=O) groups is 1. The number of amides is 1. The summed E-state index contributed by atoms with van der Waals surface area (Å²) < 4.78 is 0.814. The van der Waals surface area contributed by atoms with Crippen molar-refractivity contribution in [3.05, 3.63) is 64.1 Å². The number of rotatable bonds is 4. The highest BCUT2D eigenvalue weighted by atomic mass is 79.9. The zero-order valence-electron chi connectivity index (χ0n) is 14.8. The number of nitrogens with one attached hydrogen (secondary N) is 1. The topological polar surface area (TPSA) is 32.3 Å². The molecule has 2 aromatic rings. The molecule has 0 aromatic heterocycles. The van der Waals surface area contributed by atoms with E-state index in [4.69, 9.17) is 0 Å². The van der Waals surface area contributed by atoms with E-state index in [0.717, 1.165) is 29.0 Å². The van der Waals surface area contributed by atoms with Crippen LogP contribution in [0.25, 0.3) is 0 Å². The van der Waals surface area contributed by atoms with Crippen LogP contribution < -0.4 is 10.2 Å². The molecule has 0 radical (unpaired) electrons. The molecule has 25 heavy (non-hydrogen) atoms. The molecule has 1 amide bonds. The number of hydrogen-bond donors (Lipinski definition) is 1. The van der Waals surface area contributed by atoms with E-state index in [-0.39, 0.29) is 11.9 Å². The molecule has 132 valence electrons. The van der Waals surface area contributed by atoms with E-state index in [2.05, 4.69) is 57.3 Å². The van der Waals surface area contributed by atoms with Crippen molar-refractivity contribution >= 4 is 27.5 Å². The second-order valence-electron chi connectivity index (χ2n) is 6.94. The van der Waals surface area contributed by atoms with Crippen molar-refractivity contribution in [2.24, 2.45) is 5.92 Å². The van der Waals surface area contributed by atoms with Crippen molar-refractivity contribution in [1.29, 1.82) is 0 Å². The number of hydrogen-bond acceptors (Lipinski definition) is 2. The van der Waals surface area contributed by atoms with Gasteiger partial charge in [0.2, 0.25) is 0 Å². The fraction of sp³-hybridized carbons (Fsp3) is 0.381. The Labute approximate surface area is 158 Å². The third-order valence-electron chi connectivity index (χ3n) is 5.01. The maximum Gasteiger partial charge on any atom is 0.252 e. The smallest absolute Gasteiger partial charge is 0.252 e. The van der Waals surface area contributed by atoms with E-state index >= 15 is 0 Å². The summed E-state index contributed by atoms with van der Waals surface area (Å²) in [6, 6.07) is 16.0. The lowest BCUT2D eigenvalue weighted by Gasteiger charge is -2.32. The van der Waals surface area contributed by atoms with Gasteiger partial charge in [-0.15, -0.1) is 0 Å². The molecule has 3 rings (SSSR count). The van der Waals surface area contributed by atoms with Gasteiger partial charge in [0.25, 0.3) is 5.91 Å². The van der Waals surface area contributed by atoms with Crippen molar-refractivity contribution in [1.82, 2.24) is 5.32 Å². The van der Waals surface area contributed by atoms with Crippen LogP contribution in [-0.4, -0.2) is 19.0 Å². The Kier molecular flexibility index (Phi) is 5.79. The molecule has 3 nitrogen and oxygen atoms in total. The first-order chi connectivity index (χ1) is 12.0. The first kappa shape index (κ1) is 18.0. The van der Waals surface area contributed by atoms with Crippen molar-refractivity contribution in [3.8, 4) is 0 Å². The predicted octanol–water partition coefficient (Wildman–Crippen LogP) is 5.18. The van der Waals surface area contributed by atoms with Crippen LogP contribution in [0.1, 0.15) is 48.7 Å². The first-order valence-electron chi connectivity index (χ1n) is 8.95. The minimum Gasteiger partial charge on any atom is -0.372 e. The highest BCUT2D eigenvalue weighted by molar-refractivity contribution is 9.10. The van der Waals surface area contributed by atoms with Gasteiger partial charge in [-0.2, -0.15) is 0 Å². The maximum atomic E-state index is 12.4. The van der Waals surface area contributed by atoms with Gasteiger partial charge in [0.15, 0.2) is 0 Å². The lowest BCUT2D eigenvalue weighted by molar-refractivity contribution is 0.0939. The molecule has 0 unspecified atom stereocenters. The van der Waals surface area contributed by atoms with E-state index in [0.29, 0.717) is 5.56 Å². The van der Waals surface area contributed by atoms with Gasteiger partial charge in [0, 0.05) is 23.2 Å². The van der Waals surface area contributed by atoms with Crippen LogP contribution in [0.15, 0.2) is 53.0 Å². The van der Waals surface area contributed by atoms with Gasteiger partial charge in [0.1, 0.15) is 0 Å². The monoisotopic (exact) mass is 400 g/mol. The lowest BCUT2D eigenvalue weighted by Crippen LogP contribution is -2.32. The fourth-order valence-corrected chi connectivity index (χ4v) is 3.71. The number of anilines is 1. The lowest BCUT2D eigenvalue weighted by atomic mass is 9.98. The van der Waals surface area contributed by atoms with Crippen LogP contribution >= 0.6 is 15.9 Å². The van der Waals surface area contributed by atoms with Crippen LogP contribution in [0.5, 0.6) is 0 Å². The van der Waals surface area contributed by atoms with E-state index in [1.165, 1.54) is 18.5 Å². The van der Waals surface area contributed by atoms with Gasteiger partial charge >= 0.3 is 0 Å². The van der Waals surface area contributed by atoms with Gasteiger partial charge in [-0.1, -0.05) is 31.2 Å². The van der Waals surface area contributed by atoms with Crippen molar-refractivity contribution in [2.45, 2.75) is 32.7 Å². The van der Waals surface area contributed by atoms with E-state index in [1.54, 1.807) is 0 Å². The molecule has 1 aliphatic heterocycles. The Balaban J connectivity index is 1.64. The maximum absolute atomic E-state index is 12.4. The molecule has 0 bridgehead atoms. The molecular formula is C21H25BrN2O. The second-order valence-corrected chi connectivity index (χ2v) is 7.79. The molecule has 1 fully saturated rings. The summed E-state index contributed by atoms with van der Waals surface area (Å²) in [5.74, 6) is 0.775. The molecule has 0 saturated carbocycles. The van der Waals surface area contributed by atoms with Crippen LogP contribution in [0.2, 0.25) is 0 Å². The third kappa shape index (κ3) is 4.43. The average Bonchev–Trinajstić information content (AvgIpc) is 2.63. The normalized spacial score (nSPS) is 16.5. The van der Waals surface area contributed by atoms with E-state index < -0.39 is 0 Å². The Morgan fingerprint density at radius 1 is 1.12 bits per heavy atom. The summed E-state index contributed by atoms with van der Waals surface area (Å²) in [4.78, 5) is 14.9. The van der Waals surface area contributed by atoms with Crippen molar-refractivity contribution < 1.29 is 4.79 Å². The van der Waals surface area contributed by atoms with Crippen LogP contribution in [0.3, 0.4) is 0 Å². The SMILES string of the molecule is CC1CCN(c2ccc([C@H](C)NC(=O)c3ccccc3Br)cc2)CC1. The molecule has 1 heterocycles. The van der Waals surface area contributed by atoms with Crippen molar-refractivity contribution in [3.63, 3.8) is 0 Å². The van der Waals surface area contributed by atoms with Crippen molar-refractivity contribution in [2.75, 3.05) is 18.0 Å². The summed E-state index contributed by atoms with van der Waals surface area (Å²) in [7, 11) is 0. The molecule has 4 heteroatoms. The Morgan fingerprint density at radius 2 is 1.76 bits per heavy atom. The summed E-state index contributed by atoms with van der Waals surface area (Å²) in [5, 5.41) is 3.08. The molecule has 1 atom stereocenters. The summed E-state index contributed by atoms with van der Waals surface area (Å²) in [6.45, 7) is 6.62. The summed E-state index contributed by atoms with van der Waals surface area (Å²) >= 11 is 3.43. The molecule has 2 aromatic carbocycles. The van der Waals surface area contributed by atoms with E-state index in [1.807, 2.05) is 31.2 Å². The Bertz CT molecular complexity index is 721. The van der Waals surface area contributed by atoms with Gasteiger partial charge in [-0.05, 0) is 71.4 Å². The van der Waals surface area contributed by atoms with Gasteiger partial charge < -0.3 is 10.2 Å². The highest BCUT2D eigenvalue weighted by Gasteiger charge is 2.17. The standard InChI is InChI=1S/C21H25BrN2O/c1-15-11-13-24(14-12-15)18-9-7-17(8-10-18)16(2)23-21(25)19-5-3-4-6-20(19)22/h3-10,15-16H,11-14H2,1-2H3,(H,23,25)/t16-/m0/s1. The largest absolute Gasteiger partial charge is 0.372 e. The molecule has 1 saturated heterocycles. The minimum absolute atomic E-state index is 0.0324. The molecule has 1 N–H and O–H groups in total. The fourth-order valence-electron chi connectivity index (χ4n) is 3.24. The van der Waals surface area contributed by atoms with Gasteiger partial charge in [-0.3, -0.25) is 4.79 Å². The Hall–Kier alpha value is -1.81. The zero-order chi connectivity index (χ0) is 17.8. The quantitative estimate of drug-likeness (QED) is 0.766. The van der Waals surface area contributed by atoms with Crippen LogP contribution in [-0.2, 0) is 0 Å².